The van der Waals surface area contributed by atoms with Gasteiger partial charge in [-0.3, -0.25) is 14.5 Å². The van der Waals surface area contributed by atoms with E-state index in [2.05, 4.69) is 15.0 Å². The van der Waals surface area contributed by atoms with Crippen LogP contribution in [0.5, 0.6) is 0 Å². The van der Waals surface area contributed by atoms with Gasteiger partial charge in [-0.1, -0.05) is 18.3 Å². The fourth-order valence-electron chi connectivity index (χ4n) is 3.72. The van der Waals surface area contributed by atoms with Crippen LogP contribution in [0, 0.1) is 5.92 Å². The van der Waals surface area contributed by atoms with E-state index < -0.39 is 0 Å². The molecule has 1 amide bonds. The molecule has 3 saturated heterocycles. The first kappa shape index (κ1) is 15.7. The van der Waals surface area contributed by atoms with E-state index in [1.165, 1.54) is 15.9 Å². The van der Waals surface area contributed by atoms with Gasteiger partial charge >= 0.3 is 0 Å². The van der Waals surface area contributed by atoms with Gasteiger partial charge in [0.25, 0.3) is 5.56 Å². The van der Waals surface area contributed by atoms with Crippen LogP contribution in [0.4, 0.5) is 0 Å². The van der Waals surface area contributed by atoms with Crippen LogP contribution in [0.25, 0.3) is 4.96 Å². The summed E-state index contributed by atoms with van der Waals surface area (Å²) in [5.74, 6) is 0.334. The second-order valence-corrected chi connectivity index (χ2v) is 7.74. The Morgan fingerprint density at radius 3 is 2.92 bits per heavy atom. The van der Waals surface area contributed by atoms with Crippen molar-refractivity contribution in [2.24, 2.45) is 5.92 Å². The summed E-state index contributed by atoms with van der Waals surface area (Å²) in [4.78, 5) is 34.0. The molecule has 24 heavy (non-hydrogen) atoms. The molecule has 5 rings (SSSR count). The monoisotopic (exact) mass is 347 g/mol. The largest absolute Gasteiger partial charge is 0.341 e. The third-order valence-corrected chi connectivity index (χ3v) is 6.12. The molecular weight excluding hydrogens is 326 g/mol. The van der Waals surface area contributed by atoms with Crippen LogP contribution in [-0.2, 0) is 17.8 Å². The fourth-order valence-corrected chi connectivity index (χ4v) is 4.58. The number of likely N-dealkylation sites (N-methyl/N-ethyl adjacent to an activating group) is 1. The normalized spacial score (nSPS) is 24.8. The third kappa shape index (κ3) is 2.63. The Bertz CT molecular complexity index is 845. The van der Waals surface area contributed by atoms with Crippen LogP contribution in [0.3, 0.4) is 0 Å². The summed E-state index contributed by atoms with van der Waals surface area (Å²) in [5.41, 5.74) is 0.639. The number of carbonyl (C=O) groups is 1. The van der Waals surface area contributed by atoms with E-state index in [0.717, 1.165) is 43.1 Å². The maximum atomic E-state index is 12.3. The number of nitrogens with zero attached hydrogens (tertiary/aromatic N) is 5. The van der Waals surface area contributed by atoms with E-state index in [9.17, 15) is 9.59 Å². The van der Waals surface area contributed by atoms with Crippen molar-refractivity contribution in [3.05, 3.63) is 27.1 Å². The highest BCUT2D eigenvalue weighted by molar-refractivity contribution is 7.16. The Labute approximate surface area is 143 Å². The van der Waals surface area contributed by atoms with Gasteiger partial charge in [0.2, 0.25) is 10.9 Å². The van der Waals surface area contributed by atoms with E-state index >= 15 is 0 Å². The average Bonchev–Trinajstić information content (AvgIpc) is 2.82. The molecule has 0 aliphatic carbocycles. The minimum atomic E-state index is -0.128. The van der Waals surface area contributed by atoms with E-state index in [4.69, 9.17) is 0 Å². The van der Waals surface area contributed by atoms with Gasteiger partial charge in [0.1, 0.15) is 5.01 Å². The Kier molecular flexibility index (Phi) is 3.88. The third-order valence-electron chi connectivity index (χ3n) is 5.07. The molecule has 0 aromatic carbocycles. The van der Waals surface area contributed by atoms with Crippen LogP contribution in [-0.4, -0.2) is 56.5 Å². The Morgan fingerprint density at radius 2 is 2.12 bits per heavy atom. The Balaban J connectivity index is 1.60. The van der Waals surface area contributed by atoms with Gasteiger partial charge in [-0.25, -0.2) is 4.98 Å². The molecule has 2 aromatic rings. The average molecular weight is 347 g/mol. The molecule has 5 heterocycles. The van der Waals surface area contributed by atoms with E-state index in [1.807, 2.05) is 18.9 Å². The molecule has 3 fully saturated rings. The fraction of sp³-hybridized carbons (Fsp3) is 0.625. The second kappa shape index (κ2) is 5.93. The van der Waals surface area contributed by atoms with Gasteiger partial charge in [-0.2, -0.15) is 9.61 Å². The number of hydrogen-bond acceptors (Lipinski definition) is 6. The van der Waals surface area contributed by atoms with Crippen molar-refractivity contribution < 1.29 is 4.79 Å². The number of rotatable bonds is 3. The van der Waals surface area contributed by atoms with Gasteiger partial charge in [-0.15, -0.1) is 0 Å². The number of piperidine rings is 1. The number of aryl methyl sites for hydroxylation is 1. The summed E-state index contributed by atoms with van der Waals surface area (Å²) in [6, 6.07) is 1.85. The first-order valence-electron chi connectivity index (χ1n) is 8.43. The van der Waals surface area contributed by atoms with Crippen molar-refractivity contribution in [2.45, 2.75) is 38.8 Å². The summed E-state index contributed by atoms with van der Waals surface area (Å²) < 4.78 is 1.39. The second-order valence-electron chi connectivity index (χ2n) is 6.70. The molecular formula is C16H21N5O2S. The van der Waals surface area contributed by atoms with E-state index in [-0.39, 0.29) is 23.4 Å². The molecule has 2 aromatic heterocycles. The molecule has 128 valence electrons. The molecule has 2 atom stereocenters. The van der Waals surface area contributed by atoms with Crippen LogP contribution < -0.4 is 5.56 Å². The van der Waals surface area contributed by atoms with Crippen molar-refractivity contribution >= 4 is 22.2 Å². The summed E-state index contributed by atoms with van der Waals surface area (Å²) in [6.45, 7) is 4.23. The van der Waals surface area contributed by atoms with E-state index in [1.54, 1.807) is 6.07 Å². The lowest BCUT2D eigenvalue weighted by Crippen LogP contribution is -2.45. The Hall–Kier alpha value is -1.80. The first-order chi connectivity index (χ1) is 11.5. The summed E-state index contributed by atoms with van der Waals surface area (Å²) in [5, 5.41) is 5.20. The topological polar surface area (TPSA) is 70.8 Å². The standard InChI is InChI=1S/C16H21N5O2S/c1-3-13-18-21-14(22)6-11(17-16(21)24-13)8-20-7-10-4-5-12(9-20)19(2)15(10)23/h6,10,12H,3-5,7-9H2,1-2H3/t10-,12+/m1/s1. The smallest absolute Gasteiger partial charge is 0.275 e. The molecule has 0 unspecified atom stereocenters. The lowest BCUT2D eigenvalue weighted by molar-refractivity contribution is -0.138. The van der Waals surface area contributed by atoms with Crippen molar-refractivity contribution in [1.29, 1.82) is 0 Å². The molecule has 0 saturated carbocycles. The van der Waals surface area contributed by atoms with Crippen molar-refractivity contribution in [1.82, 2.24) is 24.4 Å². The van der Waals surface area contributed by atoms with Crippen LogP contribution in [0.1, 0.15) is 30.5 Å². The first-order valence-corrected chi connectivity index (χ1v) is 9.24. The zero-order valence-electron chi connectivity index (χ0n) is 13.9. The van der Waals surface area contributed by atoms with Crippen LogP contribution in [0.15, 0.2) is 10.9 Å². The maximum Gasteiger partial charge on any atom is 0.275 e. The SMILES string of the molecule is CCc1nn2c(=O)cc(CN3C[C@H]4CC[C@@H](C3)N(C)C4=O)nc2s1. The number of aromatic nitrogens is 3. The minimum Gasteiger partial charge on any atom is -0.341 e. The zero-order valence-corrected chi connectivity index (χ0v) is 14.8. The highest BCUT2D eigenvalue weighted by Crippen LogP contribution is 2.28. The number of carbonyl (C=O) groups excluding carboxylic acids is 1. The molecule has 8 heteroatoms. The van der Waals surface area contributed by atoms with Crippen molar-refractivity contribution in [3.8, 4) is 0 Å². The number of hydrogen-bond donors (Lipinski definition) is 0. The zero-order chi connectivity index (χ0) is 16.8. The predicted octanol–water partition coefficient (Wildman–Crippen LogP) is 0.766. The molecule has 2 bridgehead atoms. The summed E-state index contributed by atoms with van der Waals surface area (Å²) in [7, 11) is 1.91. The van der Waals surface area contributed by atoms with Crippen LogP contribution in [0.2, 0.25) is 0 Å². The molecule has 0 N–H and O–H groups in total. The highest BCUT2D eigenvalue weighted by Gasteiger charge is 2.38. The van der Waals surface area contributed by atoms with E-state index in [0.29, 0.717) is 11.5 Å². The lowest BCUT2D eigenvalue weighted by Gasteiger charge is -2.32. The lowest BCUT2D eigenvalue weighted by atomic mass is 9.95. The highest BCUT2D eigenvalue weighted by atomic mass is 32.1. The van der Waals surface area contributed by atoms with Crippen molar-refractivity contribution in [2.75, 3.05) is 20.1 Å². The quantitative estimate of drug-likeness (QED) is 0.820. The molecule has 3 aliphatic rings. The van der Waals surface area contributed by atoms with Gasteiger partial charge in [-0.05, 0) is 19.3 Å². The van der Waals surface area contributed by atoms with Crippen molar-refractivity contribution in [3.63, 3.8) is 0 Å². The number of fused-ring (bicyclic) bond motifs is 5. The molecule has 7 nitrogen and oxygen atoms in total. The predicted molar refractivity (Wildman–Crippen MR) is 91.1 cm³/mol. The Morgan fingerprint density at radius 1 is 1.29 bits per heavy atom. The van der Waals surface area contributed by atoms with Gasteiger partial charge in [0.15, 0.2) is 0 Å². The minimum absolute atomic E-state index is 0.0775. The summed E-state index contributed by atoms with van der Waals surface area (Å²) >= 11 is 1.47. The van der Waals surface area contributed by atoms with Gasteiger partial charge in [0.05, 0.1) is 11.6 Å². The van der Waals surface area contributed by atoms with Gasteiger partial charge in [0, 0.05) is 38.8 Å². The molecule has 0 spiro atoms. The maximum absolute atomic E-state index is 12.3. The van der Waals surface area contributed by atoms with Crippen LogP contribution >= 0.6 is 11.3 Å². The number of amides is 1. The molecule has 0 radical (unpaired) electrons. The summed E-state index contributed by atoms with van der Waals surface area (Å²) in [6.07, 6.45) is 2.83. The van der Waals surface area contributed by atoms with Gasteiger partial charge < -0.3 is 4.90 Å². The molecule has 3 aliphatic heterocycles.